The molecule has 0 saturated carbocycles. The zero-order chi connectivity index (χ0) is 14.0. The van der Waals surface area contributed by atoms with E-state index < -0.39 is 5.60 Å². The molecule has 0 radical (unpaired) electrons. The number of rotatable bonds is 3. The average molecular weight is 254 g/mol. The normalized spacial score (nSPS) is 11.9. The van der Waals surface area contributed by atoms with Crippen molar-refractivity contribution >= 4 is 0 Å². The van der Waals surface area contributed by atoms with Gasteiger partial charge in [-0.15, -0.1) is 0 Å². The minimum Gasteiger partial charge on any atom is -0.386 e. The lowest BCUT2D eigenvalue weighted by Crippen LogP contribution is -2.14. The topological polar surface area (TPSA) is 20.2 Å². The molecule has 0 fully saturated rings. The lowest BCUT2D eigenvalue weighted by atomic mass is 9.94. The van der Waals surface area contributed by atoms with Crippen LogP contribution in [0.3, 0.4) is 0 Å². The molecule has 0 aromatic heterocycles. The van der Waals surface area contributed by atoms with Crippen LogP contribution in [-0.2, 0) is 5.60 Å². The summed E-state index contributed by atoms with van der Waals surface area (Å²) in [6.45, 7) is 8.02. The summed E-state index contributed by atoms with van der Waals surface area (Å²) in [5.74, 6) is 0.538. The van der Waals surface area contributed by atoms with Crippen molar-refractivity contribution in [3.05, 3.63) is 59.7 Å². The fourth-order valence-corrected chi connectivity index (χ4v) is 2.15. The third-order valence-electron chi connectivity index (χ3n) is 3.48. The quantitative estimate of drug-likeness (QED) is 0.841. The number of hydrogen-bond acceptors (Lipinski definition) is 1. The minimum atomic E-state index is -0.779. The van der Waals surface area contributed by atoms with E-state index >= 15 is 0 Å². The smallest absolute Gasteiger partial charge is 0.0840 e. The largest absolute Gasteiger partial charge is 0.386 e. The average Bonchev–Trinajstić information content (AvgIpc) is 2.38. The molecule has 19 heavy (non-hydrogen) atoms. The first kappa shape index (κ1) is 13.8. The number of aliphatic hydroxyl groups is 1. The van der Waals surface area contributed by atoms with Gasteiger partial charge in [-0.2, -0.15) is 0 Å². The Kier molecular flexibility index (Phi) is 3.77. The molecule has 2 rings (SSSR count). The maximum atomic E-state index is 9.97. The van der Waals surface area contributed by atoms with Crippen molar-refractivity contribution in [2.75, 3.05) is 0 Å². The van der Waals surface area contributed by atoms with Crippen molar-refractivity contribution in [1.82, 2.24) is 0 Å². The summed E-state index contributed by atoms with van der Waals surface area (Å²) in [5.41, 5.74) is 3.93. The van der Waals surface area contributed by atoms with Gasteiger partial charge in [-0.3, -0.25) is 0 Å². The molecule has 0 aliphatic rings. The molecule has 0 aliphatic carbocycles. The Hall–Kier alpha value is -1.60. The summed E-state index contributed by atoms with van der Waals surface area (Å²) in [6, 6.07) is 16.8. The lowest BCUT2D eigenvalue weighted by molar-refractivity contribution is 0.0786. The van der Waals surface area contributed by atoms with E-state index in [1.54, 1.807) is 13.8 Å². The van der Waals surface area contributed by atoms with Gasteiger partial charge >= 0.3 is 0 Å². The highest BCUT2D eigenvalue weighted by Crippen LogP contribution is 2.26. The van der Waals surface area contributed by atoms with Crippen molar-refractivity contribution in [2.45, 2.75) is 39.2 Å². The predicted molar refractivity (Wildman–Crippen MR) is 81.2 cm³/mol. The van der Waals surface area contributed by atoms with Crippen LogP contribution in [0.2, 0.25) is 0 Å². The first-order chi connectivity index (χ1) is 8.88. The maximum absolute atomic E-state index is 9.97. The van der Waals surface area contributed by atoms with Gasteiger partial charge in [0.25, 0.3) is 0 Å². The zero-order valence-electron chi connectivity index (χ0n) is 12.1. The molecule has 0 bridgehead atoms. The van der Waals surface area contributed by atoms with E-state index in [1.807, 2.05) is 12.1 Å². The van der Waals surface area contributed by atoms with Gasteiger partial charge in [-0.05, 0) is 42.0 Å². The molecule has 0 heterocycles. The Morgan fingerprint density at radius 3 is 2.05 bits per heavy atom. The van der Waals surface area contributed by atoms with Gasteiger partial charge in [0.05, 0.1) is 5.60 Å². The van der Waals surface area contributed by atoms with E-state index in [2.05, 4.69) is 50.2 Å². The number of benzene rings is 2. The monoisotopic (exact) mass is 254 g/mol. The second-order valence-corrected chi connectivity index (χ2v) is 5.92. The second-order valence-electron chi connectivity index (χ2n) is 5.92. The Bertz CT molecular complexity index is 545. The second kappa shape index (κ2) is 5.18. The molecule has 0 saturated heterocycles. The van der Waals surface area contributed by atoms with Crippen LogP contribution in [0.1, 0.15) is 44.7 Å². The molecule has 0 amide bonds. The molecule has 1 nitrogen and oxygen atoms in total. The lowest BCUT2D eigenvalue weighted by Gasteiger charge is -2.18. The fraction of sp³-hybridized carbons (Fsp3) is 0.333. The van der Waals surface area contributed by atoms with E-state index in [9.17, 15) is 5.11 Å². The minimum absolute atomic E-state index is 0.538. The van der Waals surface area contributed by atoms with E-state index in [0.717, 1.165) is 5.56 Å². The summed E-state index contributed by atoms with van der Waals surface area (Å²) in [6.07, 6.45) is 0. The molecule has 0 unspecified atom stereocenters. The van der Waals surface area contributed by atoms with Crippen molar-refractivity contribution in [3.63, 3.8) is 0 Å². The molecule has 1 N–H and O–H groups in total. The summed E-state index contributed by atoms with van der Waals surface area (Å²) in [4.78, 5) is 0. The Labute approximate surface area is 115 Å². The molecule has 100 valence electrons. The molecule has 0 atom stereocenters. The standard InChI is InChI=1S/C18H22O/c1-13(2)15-6-5-7-16(12-15)14-8-10-17(11-9-14)18(3,4)19/h5-13,19H,1-4H3. The third kappa shape index (κ3) is 3.24. The molecule has 1 heteroatoms. The SMILES string of the molecule is CC(C)c1cccc(-c2ccc(C(C)(C)O)cc2)c1. The van der Waals surface area contributed by atoms with Gasteiger partial charge < -0.3 is 5.11 Å². The molecular formula is C18H22O. The Morgan fingerprint density at radius 1 is 0.895 bits per heavy atom. The van der Waals surface area contributed by atoms with Crippen molar-refractivity contribution < 1.29 is 5.11 Å². The first-order valence-electron chi connectivity index (χ1n) is 6.81. The summed E-state index contributed by atoms with van der Waals surface area (Å²) in [5, 5.41) is 9.97. The summed E-state index contributed by atoms with van der Waals surface area (Å²) in [7, 11) is 0. The maximum Gasteiger partial charge on any atom is 0.0840 e. The fourth-order valence-electron chi connectivity index (χ4n) is 2.15. The first-order valence-corrected chi connectivity index (χ1v) is 6.81. The van der Waals surface area contributed by atoms with Crippen LogP contribution in [-0.4, -0.2) is 5.11 Å². The predicted octanol–water partition coefficient (Wildman–Crippen LogP) is 4.70. The van der Waals surface area contributed by atoms with E-state index in [1.165, 1.54) is 16.7 Å². The van der Waals surface area contributed by atoms with Crippen molar-refractivity contribution in [2.24, 2.45) is 0 Å². The van der Waals surface area contributed by atoms with Gasteiger partial charge in [0.15, 0.2) is 0 Å². The van der Waals surface area contributed by atoms with Crippen LogP contribution in [0.5, 0.6) is 0 Å². The van der Waals surface area contributed by atoms with Crippen LogP contribution in [0.25, 0.3) is 11.1 Å². The van der Waals surface area contributed by atoms with E-state index in [-0.39, 0.29) is 0 Å². The highest BCUT2D eigenvalue weighted by atomic mass is 16.3. The van der Waals surface area contributed by atoms with Gasteiger partial charge in [0.2, 0.25) is 0 Å². The molecule has 0 spiro atoms. The highest BCUT2D eigenvalue weighted by molar-refractivity contribution is 5.64. The summed E-state index contributed by atoms with van der Waals surface area (Å²) < 4.78 is 0. The molecular weight excluding hydrogens is 232 g/mol. The number of hydrogen-bond donors (Lipinski definition) is 1. The Balaban J connectivity index is 2.35. The molecule has 0 aliphatic heterocycles. The van der Waals surface area contributed by atoms with Crippen LogP contribution in [0, 0.1) is 0 Å². The Morgan fingerprint density at radius 2 is 1.53 bits per heavy atom. The van der Waals surface area contributed by atoms with Crippen LogP contribution in [0.4, 0.5) is 0 Å². The van der Waals surface area contributed by atoms with Gasteiger partial charge in [0.1, 0.15) is 0 Å². The zero-order valence-corrected chi connectivity index (χ0v) is 12.1. The third-order valence-corrected chi connectivity index (χ3v) is 3.48. The molecule has 2 aromatic rings. The van der Waals surface area contributed by atoms with Gasteiger partial charge in [-0.1, -0.05) is 62.4 Å². The van der Waals surface area contributed by atoms with Crippen LogP contribution >= 0.6 is 0 Å². The summed E-state index contributed by atoms with van der Waals surface area (Å²) >= 11 is 0. The molecule has 2 aromatic carbocycles. The van der Waals surface area contributed by atoms with Crippen LogP contribution in [0.15, 0.2) is 48.5 Å². The van der Waals surface area contributed by atoms with Gasteiger partial charge in [0, 0.05) is 0 Å². The van der Waals surface area contributed by atoms with Gasteiger partial charge in [-0.25, -0.2) is 0 Å². The highest BCUT2D eigenvalue weighted by Gasteiger charge is 2.15. The van der Waals surface area contributed by atoms with Crippen molar-refractivity contribution in [1.29, 1.82) is 0 Å². The van der Waals surface area contributed by atoms with E-state index in [4.69, 9.17) is 0 Å². The van der Waals surface area contributed by atoms with Crippen LogP contribution < -0.4 is 0 Å². The van der Waals surface area contributed by atoms with Crippen molar-refractivity contribution in [3.8, 4) is 11.1 Å². The van der Waals surface area contributed by atoms with E-state index in [0.29, 0.717) is 5.92 Å².